The first kappa shape index (κ1) is 32.2. The molecule has 0 aromatic heterocycles. The first-order valence-electron chi connectivity index (χ1n) is 15.1. The van der Waals surface area contributed by atoms with Gasteiger partial charge in [0.2, 0.25) is 0 Å². The minimum Gasteiger partial charge on any atom is -0.467 e. The summed E-state index contributed by atoms with van der Waals surface area (Å²) in [4.78, 5) is 57.1. The molecule has 2 N–H and O–H groups in total. The van der Waals surface area contributed by atoms with Gasteiger partial charge in [0.25, 0.3) is 11.8 Å². The van der Waals surface area contributed by atoms with Gasteiger partial charge in [-0.1, -0.05) is 72.8 Å². The number of aryl methyl sites for hydroxylation is 4. The standard InChI is InChI=1S/C38H38N2O6/c1-23-17-19-29(21-25(23)3)31-32(30-20-18-24(2)26(4)22-30)38(36(44)46-6,40-34(42)28-15-11-8-12-16-28)37(31,35(43)45-5)39-33(41)27-13-9-7-10-14-27/h7-22,31-32H,1-6H3,(H,39,41)(H,40,42). The Hall–Kier alpha value is -5.24. The summed E-state index contributed by atoms with van der Waals surface area (Å²) in [6, 6.07) is 28.3. The number of esters is 2. The van der Waals surface area contributed by atoms with Crippen molar-refractivity contribution in [2.45, 2.75) is 50.6 Å². The summed E-state index contributed by atoms with van der Waals surface area (Å²) in [7, 11) is 2.39. The van der Waals surface area contributed by atoms with Crippen molar-refractivity contribution in [2.75, 3.05) is 14.2 Å². The Balaban J connectivity index is 1.87. The molecule has 8 nitrogen and oxygen atoms in total. The topological polar surface area (TPSA) is 111 Å². The Labute approximate surface area is 269 Å². The minimum absolute atomic E-state index is 0.257. The molecule has 4 aromatic rings. The molecule has 1 saturated carbocycles. The van der Waals surface area contributed by atoms with E-state index in [0.29, 0.717) is 11.1 Å². The fourth-order valence-electron chi connectivity index (χ4n) is 6.73. The summed E-state index contributed by atoms with van der Waals surface area (Å²) in [6.07, 6.45) is 0. The van der Waals surface area contributed by atoms with E-state index >= 15 is 0 Å². The fourth-order valence-corrected chi connectivity index (χ4v) is 6.73. The van der Waals surface area contributed by atoms with Crippen LogP contribution < -0.4 is 10.6 Å². The molecular formula is C38H38N2O6. The van der Waals surface area contributed by atoms with Crippen LogP contribution in [-0.2, 0) is 19.1 Å². The van der Waals surface area contributed by atoms with Crippen molar-refractivity contribution in [3.63, 3.8) is 0 Å². The predicted molar refractivity (Wildman–Crippen MR) is 175 cm³/mol. The monoisotopic (exact) mass is 618 g/mol. The van der Waals surface area contributed by atoms with E-state index in [0.717, 1.165) is 22.3 Å². The normalized spacial score (nSPS) is 21.8. The van der Waals surface area contributed by atoms with Gasteiger partial charge in [0.05, 0.1) is 14.2 Å². The van der Waals surface area contributed by atoms with Gasteiger partial charge in [-0.25, -0.2) is 9.59 Å². The molecule has 0 heterocycles. The van der Waals surface area contributed by atoms with Crippen molar-refractivity contribution in [1.82, 2.24) is 10.6 Å². The van der Waals surface area contributed by atoms with E-state index in [2.05, 4.69) is 10.6 Å². The first-order chi connectivity index (χ1) is 22.0. The number of nitrogens with one attached hydrogen (secondary N) is 2. The Bertz CT molecular complexity index is 1670. The molecular weight excluding hydrogens is 580 g/mol. The zero-order chi connectivity index (χ0) is 33.2. The Kier molecular flexibility index (Phi) is 8.83. The Morgan fingerprint density at radius 1 is 0.522 bits per heavy atom. The molecule has 0 spiro atoms. The number of ether oxygens (including phenoxy) is 2. The van der Waals surface area contributed by atoms with Crippen LogP contribution in [0.3, 0.4) is 0 Å². The van der Waals surface area contributed by atoms with E-state index in [1.807, 2.05) is 64.1 Å². The van der Waals surface area contributed by atoms with Crippen molar-refractivity contribution in [1.29, 1.82) is 0 Å². The van der Waals surface area contributed by atoms with Crippen LogP contribution in [-0.4, -0.2) is 49.1 Å². The number of carbonyl (C=O) groups is 4. The number of benzene rings is 4. The highest BCUT2D eigenvalue weighted by molar-refractivity contribution is 6.09. The van der Waals surface area contributed by atoms with Crippen molar-refractivity contribution in [3.8, 4) is 0 Å². The number of amides is 2. The molecule has 0 radical (unpaired) electrons. The molecule has 236 valence electrons. The zero-order valence-corrected chi connectivity index (χ0v) is 26.8. The molecule has 46 heavy (non-hydrogen) atoms. The van der Waals surface area contributed by atoms with Gasteiger partial charge >= 0.3 is 11.9 Å². The van der Waals surface area contributed by atoms with Crippen LogP contribution in [0.15, 0.2) is 97.1 Å². The van der Waals surface area contributed by atoms with Gasteiger partial charge in [-0.15, -0.1) is 0 Å². The summed E-state index contributed by atoms with van der Waals surface area (Å²) in [5.74, 6) is -4.80. The summed E-state index contributed by atoms with van der Waals surface area (Å²) < 4.78 is 10.9. The third-order valence-electron chi connectivity index (χ3n) is 9.38. The minimum atomic E-state index is -2.14. The van der Waals surface area contributed by atoms with Crippen LogP contribution in [0.1, 0.15) is 65.9 Å². The molecule has 4 unspecified atom stereocenters. The van der Waals surface area contributed by atoms with E-state index in [4.69, 9.17) is 9.47 Å². The molecule has 5 rings (SSSR count). The molecule has 1 fully saturated rings. The van der Waals surface area contributed by atoms with Gasteiger partial charge in [-0.05, 0) is 85.3 Å². The Morgan fingerprint density at radius 3 is 1.17 bits per heavy atom. The third kappa shape index (κ3) is 5.13. The molecule has 4 atom stereocenters. The van der Waals surface area contributed by atoms with Crippen molar-refractivity contribution in [2.24, 2.45) is 0 Å². The van der Waals surface area contributed by atoms with Crippen molar-refractivity contribution < 1.29 is 28.7 Å². The molecule has 4 aromatic carbocycles. The largest absolute Gasteiger partial charge is 0.467 e. The first-order valence-corrected chi connectivity index (χ1v) is 15.1. The maximum atomic E-state index is 14.5. The lowest BCUT2D eigenvalue weighted by Gasteiger charge is -2.65. The molecule has 0 aliphatic heterocycles. The van der Waals surface area contributed by atoms with Gasteiger partial charge in [0.15, 0.2) is 11.1 Å². The summed E-state index contributed by atoms with van der Waals surface area (Å²) >= 11 is 0. The maximum absolute atomic E-state index is 14.5. The molecule has 0 saturated heterocycles. The second kappa shape index (κ2) is 12.6. The lowest BCUT2D eigenvalue weighted by atomic mass is 9.42. The average molecular weight is 619 g/mol. The Morgan fingerprint density at radius 2 is 0.870 bits per heavy atom. The number of hydrogen-bond donors (Lipinski definition) is 2. The van der Waals surface area contributed by atoms with Crippen LogP contribution in [0.5, 0.6) is 0 Å². The highest BCUT2D eigenvalue weighted by Gasteiger charge is 2.82. The van der Waals surface area contributed by atoms with E-state index in [1.54, 1.807) is 60.7 Å². The van der Waals surface area contributed by atoms with Gasteiger partial charge in [0, 0.05) is 23.0 Å². The number of rotatable bonds is 8. The number of methoxy groups -OCH3 is 2. The molecule has 2 amide bonds. The van der Waals surface area contributed by atoms with Gasteiger partial charge in [-0.3, -0.25) is 9.59 Å². The van der Waals surface area contributed by atoms with Crippen LogP contribution in [0.25, 0.3) is 0 Å². The van der Waals surface area contributed by atoms with Gasteiger partial charge in [-0.2, -0.15) is 0 Å². The highest BCUT2D eigenvalue weighted by atomic mass is 16.5. The van der Waals surface area contributed by atoms with Gasteiger partial charge in [0.1, 0.15) is 0 Å². The summed E-state index contributed by atoms with van der Waals surface area (Å²) in [6.45, 7) is 7.86. The van der Waals surface area contributed by atoms with Crippen LogP contribution in [0, 0.1) is 27.7 Å². The molecule has 1 aliphatic rings. The lowest BCUT2D eigenvalue weighted by Crippen LogP contribution is -2.90. The third-order valence-corrected chi connectivity index (χ3v) is 9.38. The van der Waals surface area contributed by atoms with E-state index in [1.165, 1.54) is 14.2 Å². The van der Waals surface area contributed by atoms with Crippen LogP contribution in [0.2, 0.25) is 0 Å². The van der Waals surface area contributed by atoms with E-state index in [9.17, 15) is 19.2 Å². The van der Waals surface area contributed by atoms with E-state index in [-0.39, 0.29) is 11.1 Å². The van der Waals surface area contributed by atoms with Crippen LogP contribution >= 0.6 is 0 Å². The van der Waals surface area contributed by atoms with Crippen molar-refractivity contribution in [3.05, 3.63) is 142 Å². The smallest absolute Gasteiger partial charge is 0.335 e. The quantitative estimate of drug-likeness (QED) is 0.253. The van der Waals surface area contributed by atoms with Gasteiger partial charge < -0.3 is 20.1 Å². The SMILES string of the molecule is COC(=O)C1(NC(=O)c2ccccc2)C(c2ccc(C)c(C)c2)C(c2ccc(C)c(C)c2)C1(NC(=O)c1ccccc1)C(=O)OC. The maximum Gasteiger partial charge on any atom is 0.335 e. The lowest BCUT2D eigenvalue weighted by molar-refractivity contribution is -0.181. The zero-order valence-electron chi connectivity index (χ0n) is 26.8. The molecule has 1 aliphatic carbocycles. The van der Waals surface area contributed by atoms with Crippen molar-refractivity contribution >= 4 is 23.8 Å². The fraction of sp³-hybridized carbons (Fsp3) is 0.263. The number of hydrogen-bond acceptors (Lipinski definition) is 6. The summed E-state index contributed by atoms with van der Waals surface area (Å²) in [5.41, 5.74) is 1.55. The molecule has 0 bridgehead atoms. The molecule has 8 heteroatoms. The highest BCUT2D eigenvalue weighted by Crippen LogP contribution is 2.64. The number of carbonyl (C=O) groups excluding carboxylic acids is 4. The second-order valence-electron chi connectivity index (χ2n) is 11.9. The second-order valence-corrected chi connectivity index (χ2v) is 11.9. The summed E-state index contributed by atoms with van der Waals surface area (Å²) in [5, 5.41) is 5.88. The van der Waals surface area contributed by atoms with E-state index < -0.39 is 46.7 Å². The average Bonchev–Trinajstić information content (AvgIpc) is 3.07. The van der Waals surface area contributed by atoms with Crippen LogP contribution in [0.4, 0.5) is 0 Å². The predicted octanol–water partition coefficient (Wildman–Crippen LogP) is 5.48.